The summed E-state index contributed by atoms with van der Waals surface area (Å²) in [6.45, 7) is -0.636. The standard InChI is InChI=1S/C23H37N7O7S/c1-38-10-8-17(22(36)37)29-21(35)18(12-31)30-20(34)16(3-2-9-27-23(25)26)28-19(33)15(24)11-13-4-6-14(32)7-5-13/h4-7,15-18,31-32H,2-3,8-12,24H2,1H3,(H,28,33)(H,29,35)(H,30,34)(H,36,37)(H4,25,26,27). The van der Waals surface area contributed by atoms with Crippen LogP contribution >= 0.6 is 11.8 Å². The number of nitrogens with one attached hydrogen (secondary N) is 3. The van der Waals surface area contributed by atoms with E-state index in [-0.39, 0.29) is 43.9 Å². The van der Waals surface area contributed by atoms with Crippen molar-refractivity contribution in [2.75, 3.05) is 25.2 Å². The lowest BCUT2D eigenvalue weighted by atomic mass is 10.0. The molecule has 0 aliphatic rings. The Balaban J connectivity index is 2.91. The van der Waals surface area contributed by atoms with E-state index in [4.69, 9.17) is 17.2 Å². The van der Waals surface area contributed by atoms with Crippen molar-refractivity contribution >= 4 is 41.4 Å². The fourth-order valence-electron chi connectivity index (χ4n) is 3.26. The van der Waals surface area contributed by atoms with E-state index < -0.39 is 54.5 Å². The fraction of sp³-hybridized carbons (Fsp3) is 0.522. The molecule has 0 bridgehead atoms. The number of phenols is 1. The van der Waals surface area contributed by atoms with Crippen LogP contribution in [-0.2, 0) is 25.6 Å². The third-order valence-electron chi connectivity index (χ3n) is 5.35. The summed E-state index contributed by atoms with van der Waals surface area (Å²) >= 11 is 1.40. The van der Waals surface area contributed by atoms with Gasteiger partial charge in [-0.1, -0.05) is 12.1 Å². The van der Waals surface area contributed by atoms with Crippen LogP contribution in [0, 0.1) is 0 Å². The van der Waals surface area contributed by atoms with Crippen molar-refractivity contribution in [2.45, 2.75) is 49.9 Å². The van der Waals surface area contributed by atoms with Gasteiger partial charge in [-0.2, -0.15) is 11.8 Å². The van der Waals surface area contributed by atoms with E-state index in [1.165, 1.54) is 23.9 Å². The lowest BCUT2D eigenvalue weighted by Gasteiger charge is -2.24. The number of amides is 3. The summed E-state index contributed by atoms with van der Waals surface area (Å²) in [5.41, 5.74) is 17.3. The van der Waals surface area contributed by atoms with Gasteiger partial charge in [0.05, 0.1) is 12.6 Å². The second kappa shape index (κ2) is 17.0. The van der Waals surface area contributed by atoms with Gasteiger partial charge < -0.3 is 48.5 Å². The topological polar surface area (TPSA) is 255 Å². The summed E-state index contributed by atoms with van der Waals surface area (Å²) in [7, 11) is 0. The number of phenolic OH excluding ortho intramolecular Hbond substituents is 1. The first kappa shape index (κ1) is 32.5. The number of rotatable bonds is 17. The molecule has 1 aromatic rings. The van der Waals surface area contributed by atoms with Crippen molar-refractivity contribution in [2.24, 2.45) is 22.2 Å². The van der Waals surface area contributed by atoms with Gasteiger partial charge in [-0.3, -0.25) is 19.4 Å². The van der Waals surface area contributed by atoms with Gasteiger partial charge in [0, 0.05) is 6.54 Å². The summed E-state index contributed by atoms with van der Waals surface area (Å²) in [6, 6.07) is 1.28. The van der Waals surface area contributed by atoms with Crippen molar-refractivity contribution in [3.8, 4) is 5.75 Å². The molecule has 0 spiro atoms. The van der Waals surface area contributed by atoms with Gasteiger partial charge >= 0.3 is 5.97 Å². The second-order valence-corrected chi connectivity index (χ2v) is 9.40. The Bertz CT molecular complexity index is 958. The highest BCUT2D eigenvalue weighted by molar-refractivity contribution is 7.98. The van der Waals surface area contributed by atoms with Crippen molar-refractivity contribution in [3.05, 3.63) is 29.8 Å². The first-order valence-corrected chi connectivity index (χ1v) is 13.2. The Morgan fingerprint density at radius 3 is 2.08 bits per heavy atom. The number of hydrogen-bond acceptors (Lipinski definition) is 9. The molecule has 15 heteroatoms. The molecule has 4 atom stereocenters. The van der Waals surface area contributed by atoms with Crippen LogP contribution in [0.2, 0.25) is 0 Å². The summed E-state index contributed by atoms with van der Waals surface area (Å²) in [4.78, 5) is 53.6. The van der Waals surface area contributed by atoms with Crippen LogP contribution in [-0.4, -0.2) is 94.3 Å². The van der Waals surface area contributed by atoms with Gasteiger partial charge in [-0.25, -0.2) is 4.79 Å². The molecule has 0 heterocycles. The predicted molar refractivity (Wildman–Crippen MR) is 143 cm³/mol. The number of aliphatic hydroxyl groups excluding tert-OH is 1. The highest BCUT2D eigenvalue weighted by atomic mass is 32.2. The van der Waals surface area contributed by atoms with Crippen LogP contribution < -0.4 is 33.2 Å². The molecule has 1 rings (SSSR count). The number of benzene rings is 1. The predicted octanol–water partition coefficient (Wildman–Crippen LogP) is -2.40. The lowest BCUT2D eigenvalue weighted by Crippen LogP contribution is -2.58. The number of aliphatic imine (C=N–C) groups is 1. The fourth-order valence-corrected chi connectivity index (χ4v) is 3.73. The van der Waals surface area contributed by atoms with Crippen molar-refractivity contribution in [3.63, 3.8) is 0 Å². The minimum Gasteiger partial charge on any atom is -0.508 e. The third-order valence-corrected chi connectivity index (χ3v) is 5.99. The van der Waals surface area contributed by atoms with E-state index in [0.717, 1.165) is 0 Å². The molecule has 212 valence electrons. The summed E-state index contributed by atoms with van der Waals surface area (Å²) in [6.07, 6.45) is 2.43. The number of hydrogen-bond donors (Lipinski definition) is 9. The lowest BCUT2D eigenvalue weighted by molar-refractivity contribution is -0.142. The van der Waals surface area contributed by atoms with Crippen molar-refractivity contribution in [1.29, 1.82) is 0 Å². The molecule has 0 fully saturated rings. The molecule has 0 aliphatic heterocycles. The van der Waals surface area contributed by atoms with Crippen LogP contribution in [0.3, 0.4) is 0 Å². The number of carbonyl (C=O) groups is 4. The second-order valence-electron chi connectivity index (χ2n) is 8.41. The maximum absolute atomic E-state index is 13.0. The number of aliphatic carboxylic acids is 1. The molecule has 0 aliphatic carbocycles. The molecule has 0 radical (unpaired) electrons. The van der Waals surface area contributed by atoms with E-state index in [1.54, 1.807) is 18.4 Å². The number of guanidine groups is 1. The zero-order chi connectivity index (χ0) is 28.7. The maximum Gasteiger partial charge on any atom is 0.326 e. The first-order chi connectivity index (χ1) is 18.0. The molecule has 0 saturated carbocycles. The number of carbonyl (C=O) groups excluding carboxylic acids is 3. The Morgan fingerprint density at radius 1 is 0.947 bits per heavy atom. The van der Waals surface area contributed by atoms with Crippen LogP contribution in [0.15, 0.2) is 29.3 Å². The van der Waals surface area contributed by atoms with Crippen molar-refractivity contribution < 1.29 is 34.5 Å². The van der Waals surface area contributed by atoms with E-state index in [0.29, 0.717) is 11.3 Å². The molecular weight excluding hydrogens is 518 g/mol. The number of aromatic hydroxyl groups is 1. The normalized spacial score (nSPS) is 13.9. The summed E-state index contributed by atoms with van der Waals surface area (Å²) in [5.74, 6) is -3.17. The molecule has 0 saturated heterocycles. The number of nitrogens with zero attached hydrogens (tertiary/aromatic N) is 1. The maximum atomic E-state index is 13.0. The van der Waals surface area contributed by atoms with Crippen LogP contribution in [0.4, 0.5) is 0 Å². The molecular formula is C23H37N7O7S. The van der Waals surface area contributed by atoms with Crippen LogP contribution in [0.1, 0.15) is 24.8 Å². The average molecular weight is 556 g/mol. The minimum atomic E-state index is -1.46. The molecule has 12 N–H and O–H groups in total. The molecule has 3 amide bonds. The number of carboxylic acids is 1. The third kappa shape index (κ3) is 12.1. The molecule has 0 aromatic heterocycles. The molecule has 38 heavy (non-hydrogen) atoms. The monoisotopic (exact) mass is 555 g/mol. The van der Waals surface area contributed by atoms with Gasteiger partial charge in [-0.05, 0) is 55.4 Å². The SMILES string of the molecule is CSCCC(NC(=O)C(CO)NC(=O)C(CCCN=C(N)N)NC(=O)C(N)Cc1ccc(O)cc1)C(=O)O. The van der Waals surface area contributed by atoms with Crippen molar-refractivity contribution in [1.82, 2.24) is 16.0 Å². The smallest absolute Gasteiger partial charge is 0.326 e. The quantitative estimate of drug-likeness (QED) is 0.0556. The summed E-state index contributed by atoms with van der Waals surface area (Å²) < 4.78 is 0. The van der Waals surface area contributed by atoms with Gasteiger partial charge in [0.25, 0.3) is 0 Å². The zero-order valence-electron chi connectivity index (χ0n) is 21.1. The Kier molecular flexibility index (Phi) is 14.6. The Morgan fingerprint density at radius 2 is 1.53 bits per heavy atom. The minimum absolute atomic E-state index is 0.0608. The number of thioether (sulfide) groups is 1. The molecule has 1 aromatic carbocycles. The highest BCUT2D eigenvalue weighted by Gasteiger charge is 2.29. The van der Waals surface area contributed by atoms with E-state index in [2.05, 4.69) is 20.9 Å². The summed E-state index contributed by atoms with van der Waals surface area (Å²) in [5, 5.41) is 35.6. The number of nitrogens with two attached hydrogens (primary N) is 3. The average Bonchev–Trinajstić information content (AvgIpc) is 2.87. The number of carboxylic acid groups (broad SMARTS) is 1. The molecule has 4 unspecified atom stereocenters. The van der Waals surface area contributed by atoms with Crippen LogP contribution in [0.25, 0.3) is 0 Å². The first-order valence-electron chi connectivity index (χ1n) is 11.8. The van der Waals surface area contributed by atoms with E-state index >= 15 is 0 Å². The zero-order valence-corrected chi connectivity index (χ0v) is 21.9. The van der Waals surface area contributed by atoms with E-state index in [1.807, 2.05) is 0 Å². The highest BCUT2D eigenvalue weighted by Crippen LogP contribution is 2.11. The van der Waals surface area contributed by atoms with Gasteiger partial charge in [0.15, 0.2) is 5.96 Å². The Labute approximate surface area is 224 Å². The Hall–Kier alpha value is -3.56. The van der Waals surface area contributed by atoms with Gasteiger partial charge in [0.2, 0.25) is 17.7 Å². The largest absolute Gasteiger partial charge is 0.508 e. The van der Waals surface area contributed by atoms with Crippen LogP contribution in [0.5, 0.6) is 5.75 Å². The molecule has 14 nitrogen and oxygen atoms in total. The van der Waals surface area contributed by atoms with Gasteiger partial charge in [-0.15, -0.1) is 0 Å². The van der Waals surface area contributed by atoms with E-state index in [9.17, 15) is 34.5 Å². The number of aliphatic hydroxyl groups is 1. The van der Waals surface area contributed by atoms with Gasteiger partial charge in [0.1, 0.15) is 23.9 Å².